The summed E-state index contributed by atoms with van der Waals surface area (Å²) < 4.78 is 15.2. The minimum Gasteiger partial charge on any atom is -0.393 e. The monoisotopic (exact) mass is 423 g/mol. The van der Waals surface area contributed by atoms with Crippen molar-refractivity contribution in [2.75, 3.05) is 19.0 Å². The average molecular weight is 424 g/mol. The third-order valence-corrected chi connectivity index (χ3v) is 8.81. The predicted molar refractivity (Wildman–Crippen MR) is 122 cm³/mol. The number of halogens is 1. The molecule has 3 nitrogen and oxygen atoms in total. The fraction of sp³-hybridized carbons (Fsp3) is 0.593. The average Bonchev–Trinajstić information content (AvgIpc) is 3.00. The summed E-state index contributed by atoms with van der Waals surface area (Å²) in [6, 6.07) is 3.89. The third kappa shape index (κ3) is 3.13. The number of nitrogens with zero attached hydrogens (tertiary/aromatic N) is 1. The minimum absolute atomic E-state index is 0.107. The Balaban J connectivity index is 1.69. The number of aliphatic hydroxyl groups is 1. The zero-order chi connectivity index (χ0) is 22.1. The standard InChI is InChI=1S/C27H34FNO2/c1-15-11-17(13-23(28)26(15)29(3)4)21-14-27(2)22(9-10-24(27)31)20-7-5-16-12-18(30)6-8-19(16)25(20)21/h11-13,20-22,24,31H,5-10,14H2,1-4H3. The van der Waals surface area contributed by atoms with Crippen LogP contribution in [0.2, 0.25) is 0 Å². The van der Waals surface area contributed by atoms with Crippen LogP contribution in [0.4, 0.5) is 10.1 Å². The van der Waals surface area contributed by atoms with Gasteiger partial charge in [0.05, 0.1) is 11.8 Å². The van der Waals surface area contributed by atoms with Crippen LogP contribution in [0, 0.1) is 30.0 Å². The Morgan fingerprint density at radius 1 is 1.13 bits per heavy atom. The van der Waals surface area contributed by atoms with E-state index in [0.717, 1.165) is 49.7 Å². The zero-order valence-electron chi connectivity index (χ0n) is 19.2. The summed E-state index contributed by atoms with van der Waals surface area (Å²) in [5.74, 6) is 1.08. The van der Waals surface area contributed by atoms with Crippen molar-refractivity contribution < 1.29 is 14.3 Å². The van der Waals surface area contributed by atoms with Crippen LogP contribution in [0.1, 0.15) is 68.9 Å². The van der Waals surface area contributed by atoms with Crippen LogP contribution in [0.3, 0.4) is 0 Å². The highest BCUT2D eigenvalue weighted by atomic mass is 19.1. The van der Waals surface area contributed by atoms with Gasteiger partial charge in [0.2, 0.25) is 0 Å². The first-order valence-corrected chi connectivity index (χ1v) is 11.8. The van der Waals surface area contributed by atoms with Gasteiger partial charge in [-0.15, -0.1) is 0 Å². The number of allylic oxidation sites excluding steroid dienone is 4. The summed E-state index contributed by atoms with van der Waals surface area (Å²) >= 11 is 0. The number of benzene rings is 1. The molecule has 166 valence electrons. The summed E-state index contributed by atoms with van der Waals surface area (Å²) in [6.07, 6.45) is 7.76. The van der Waals surface area contributed by atoms with E-state index in [-0.39, 0.29) is 29.0 Å². The highest BCUT2D eigenvalue weighted by Crippen LogP contribution is 2.63. The highest BCUT2D eigenvalue weighted by Gasteiger charge is 2.56. The molecular weight excluding hydrogens is 389 g/mol. The molecule has 2 fully saturated rings. The quantitative estimate of drug-likeness (QED) is 0.687. The number of hydrogen-bond acceptors (Lipinski definition) is 3. The molecule has 2 saturated carbocycles. The second kappa shape index (κ2) is 7.30. The number of fused-ring (bicyclic) bond motifs is 4. The van der Waals surface area contributed by atoms with E-state index in [1.54, 1.807) is 6.07 Å². The van der Waals surface area contributed by atoms with Crippen LogP contribution >= 0.6 is 0 Å². The normalized spacial score (nSPS) is 34.8. The molecule has 1 aromatic carbocycles. The molecule has 0 saturated heterocycles. The molecular formula is C27H34FNO2. The van der Waals surface area contributed by atoms with Crippen molar-refractivity contribution >= 4 is 11.5 Å². The van der Waals surface area contributed by atoms with Gasteiger partial charge in [-0.05, 0) is 97.1 Å². The van der Waals surface area contributed by atoms with Crippen molar-refractivity contribution in [1.29, 1.82) is 0 Å². The van der Waals surface area contributed by atoms with Crippen LogP contribution < -0.4 is 4.90 Å². The molecule has 0 amide bonds. The topological polar surface area (TPSA) is 40.5 Å². The predicted octanol–water partition coefficient (Wildman–Crippen LogP) is 5.46. The molecule has 1 aromatic rings. The largest absolute Gasteiger partial charge is 0.393 e. The van der Waals surface area contributed by atoms with Gasteiger partial charge in [-0.1, -0.05) is 18.6 Å². The lowest BCUT2D eigenvalue weighted by atomic mass is 9.53. The summed E-state index contributed by atoms with van der Waals surface area (Å²) in [5.41, 5.74) is 6.55. The zero-order valence-corrected chi connectivity index (χ0v) is 19.2. The van der Waals surface area contributed by atoms with E-state index < -0.39 is 0 Å². The lowest BCUT2D eigenvalue weighted by molar-refractivity contribution is -0.114. The van der Waals surface area contributed by atoms with Gasteiger partial charge in [-0.3, -0.25) is 4.79 Å². The molecule has 1 N–H and O–H groups in total. The Hall–Kier alpha value is -1.94. The van der Waals surface area contributed by atoms with Gasteiger partial charge in [0.1, 0.15) is 5.82 Å². The van der Waals surface area contributed by atoms with Crippen LogP contribution in [0.5, 0.6) is 0 Å². The smallest absolute Gasteiger partial charge is 0.156 e. The molecule has 5 unspecified atom stereocenters. The fourth-order valence-corrected chi connectivity index (χ4v) is 7.46. The van der Waals surface area contributed by atoms with E-state index in [2.05, 4.69) is 13.0 Å². The number of hydrogen-bond donors (Lipinski definition) is 1. The minimum atomic E-state index is -0.289. The van der Waals surface area contributed by atoms with E-state index in [1.807, 2.05) is 32.0 Å². The number of anilines is 1. The van der Waals surface area contributed by atoms with Crippen molar-refractivity contribution in [3.8, 4) is 0 Å². The Kier molecular flexibility index (Phi) is 4.93. The first-order chi connectivity index (χ1) is 14.7. The second-order valence-corrected chi connectivity index (χ2v) is 10.7. The van der Waals surface area contributed by atoms with E-state index in [1.165, 1.54) is 16.7 Å². The van der Waals surface area contributed by atoms with Gasteiger partial charge in [0, 0.05) is 26.4 Å². The van der Waals surface area contributed by atoms with Crippen LogP contribution in [0.25, 0.3) is 0 Å². The maximum absolute atomic E-state index is 15.2. The number of aliphatic hydroxyl groups excluding tert-OH is 1. The third-order valence-electron chi connectivity index (χ3n) is 8.81. The lowest BCUT2D eigenvalue weighted by Gasteiger charge is -2.52. The van der Waals surface area contributed by atoms with E-state index in [9.17, 15) is 9.90 Å². The molecule has 4 aliphatic rings. The Morgan fingerprint density at radius 3 is 2.61 bits per heavy atom. The fourth-order valence-electron chi connectivity index (χ4n) is 7.46. The molecule has 0 heterocycles. The van der Waals surface area contributed by atoms with Gasteiger partial charge in [0.15, 0.2) is 5.78 Å². The molecule has 0 spiro atoms. The van der Waals surface area contributed by atoms with Gasteiger partial charge in [-0.25, -0.2) is 4.39 Å². The molecule has 5 atom stereocenters. The first-order valence-electron chi connectivity index (χ1n) is 11.8. The lowest BCUT2D eigenvalue weighted by Crippen LogP contribution is -2.45. The van der Waals surface area contributed by atoms with E-state index in [0.29, 0.717) is 23.9 Å². The van der Waals surface area contributed by atoms with Crippen molar-refractivity contribution in [3.63, 3.8) is 0 Å². The SMILES string of the molecule is Cc1cc(C2CC3(C)C(O)CCC3C3CCC4=CC(=O)CCC4=C23)cc(F)c1N(C)C. The van der Waals surface area contributed by atoms with E-state index in [4.69, 9.17) is 0 Å². The number of rotatable bonds is 2. The highest BCUT2D eigenvalue weighted by molar-refractivity contribution is 5.93. The Labute approximate surface area is 185 Å². The molecule has 0 aliphatic heterocycles. The van der Waals surface area contributed by atoms with Crippen molar-refractivity contribution in [3.05, 3.63) is 51.9 Å². The molecule has 31 heavy (non-hydrogen) atoms. The van der Waals surface area contributed by atoms with Gasteiger partial charge >= 0.3 is 0 Å². The van der Waals surface area contributed by atoms with Crippen molar-refractivity contribution in [2.45, 2.75) is 70.8 Å². The molecule has 0 aromatic heterocycles. The van der Waals surface area contributed by atoms with Crippen molar-refractivity contribution in [1.82, 2.24) is 0 Å². The van der Waals surface area contributed by atoms with Crippen LogP contribution in [0.15, 0.2) is 34.9 Å². The summed E-state index contributed by atoms with van der Waals surface area (Å²) in [4.78, 5) is 13.9. The van der Waals surface area contributed by atoms with Crippen LogP contribution in [-0.2, 0) is 4.79 Å². The number of carbonyl (C=O) groups excluding carboxylic acids is 1. The Morgan fingerprint density at radius 2 is 1.90 bits per heavy atom. The maximum Gasteiger partial charge on any atom is 0.156 e. The van der Waals surface area contributed by atoms with Crippen molar-refractivity contribution in [2.24, 2.45) is 17.3 Å². The maximum atomic E-state index is 15.2. The summed E-state index contributed by atoms with van der Waals surface area (Å²) in [6.45, 7) is 4.25. The Bertz CT molecular complexity index is 983. The number of carbonyl (C=O) groups is 1. The summed E-state index contributed by atoms with van der Waals surface area (Å²) in [7, 11) is 3.76. The molecule has 5 rings (SSSR count). The van der Waals surface area contributed by atoms with Gasteiger partial charge in [0.25, 0.3) is 0 Å². The number of aryl methyl sites for hydroxylation is 1. The molecule has 0 bridgehead atoms. The first kappa shape index (κ1) is 20.9. The van der Waals surface area contributed by atoms with Gasteiger partial charge in [-0.2, -0.15) is 0 Å². The molecule has 4 heteroatoms. The summed E-state index contributed by atoms with van der Waals surface area (Å²) in [5, 5.41) is 11.0. The second-order valence-electron chi connectivity index (χ2n) is 10.7. The van der Waals surface area contributed by atoms with E-state index >= 15 is 4.39 Å². The van der Waals surface area contributed by atoms with Crippen LogP contribution in [-0.4, -0.2) is 31.1 Å². The van der Waals surface area contributed by atoms with Gasteiger partial charge < -0.3 is 10.0 Å². The number of ketones is 1. The molecule has 4 aliphatic carbocycles. The molecule has 0 radical (unpaired) electrons.